The third-order valence-electron chi connectivity index (χ3n) is 18.8. The highest BCUT2D eigenvalue weighted by molar-refractivity contribution is 14.1. The molecule has 0 bridgehead atoms. The molecule has 4 N–H and O–H groups in total. The molecule has 0 aliphatic carbocycles. The van der Waals surface area contributed by atoms with Crippen LogP contribution in [-0.2, 0) is 46.1 Å². The lowest BCUT2D eigenvalue weighted by Gasteiger charge is -2.60. The third kappa shape index (κ3) is 11.2. The summed E-state index contributed by atoms with van der Waals surface area (Å²) in [6, 6.07) is 63.4. The third-order valence-corrected chi connectivity index (χ3v) is 23.2. The molecule has 9 nitrogen and oxygen atoms in total. The fraction of sp³-hybridized carbons (Fsp3) is 0.264. The van der Waals surface area contributed by atoms with Crippen LogP contribution in [0.25, 0.3) is 10.8 Å². The van der Waals surface area contributed by atoms with Gasteiger partial charge in [0.2, 0.25) is 0 Å². The van der Waals surface area contributed by atoms with E-state index in [4.69, 9.17) is 30.5 Å². The molecule has 0 aromatic heterocycles. The van der Waals surface area contributed by atoms with Crippen LogP contribution >= 0.6 is 118 Å². The van der Waals surface area contributed by atoms with E-state index in [-0.39, 0.29) is 24.9 Å². The van der Waals surface area contributed by atoms with E-state index in [2.05, 4.69) is 203 Å². The molecule has 0 saturated carbocycles. The molecule has 89 heavy (non-hydrogen) atoms. The van der Waals surface area contributed by atoms with Crippen molar-refractivity contribution in [2.45, 2.75) is 117 Å². The van der Waals surface area contributed by atoms with Crippen molar-refractivity contribution < 1.29 is 32.5 Å². The first-order valence-electron chi connectivity index (χ1n) is 29.4. The second-order valence-corrected chi connectivity index (χ2v) is 30.7. The minimum atomic E-state index is -2.24. The molecule has 4 aliphatic rings. The highest BCUT2D eigenvalue weighted by Crippen LogP contribution is 2.69. The summed E-state index contributed by atoms with van der Waals surface area (Å²) < 4.78 is 71.3. The summed E-state index contributed by atoms with van der Waals surface area (Å²) >= 11 is 20.3. The first kappa shape index (κ1) is 63.1. The van der Waals surface area contributed by atoms with E-state index in [1.807, 2.05) is 140 Å². The average molecular weight is 1720 g/mol. The van der Waals surface area contributed by atoms with Crippen molar-refractivity contribution in [3.8, 4) is 0 Å². The Hall–Kier alpha value is -4.66. The number of fused-ring (bicyclic) bond motifs is 1. The number of benzene rings is 9. The first-order chi connectivity index (χ1) is 42.6. The second-order valence-electron chi connectivity index (χ2n) is 24.7. The molecule has 4 saturated heterocycles. The van der Waals surface area contributed by atoms with Gasteiger partial charge in [0.05, 0.1) is 40.6 Å². The Morgan fingerprint density at radius 3 is 1.75 bits per heavy atom. The molecule has 4 heterocycles. The summed E-state index contributed by atoms with van der Waals surface area (Å²) in [5.41, 5.74) is -6.14. The molecule has 0 amide bonds. The number of ether oxygens (including phenoxy) is 4. The lowest BCUT2D eigenvalue weighted by Crippen LogP contribution is -2.84. The lowest BCUT2D eigenvalue weighted by molar-refractivity contribution is -0.294. The van der Waals surface area contributed by atoms with E-state index >= 15 is 13.6 Å². The number of cyclic esters (lactones) is 1. The fourth-order valence-electron chi connectivity index (χ4n) is 15.0. The maximum atomic E-state index is 17.7. The van der Waals surface area contributed by atoms with Crippen LogP contribution < -0.4 is 21.3 Å². The van der Waals surface area contributed by atoms with Crippen molar-refractivity contribution in [2.75, 3.05) is 21.3 Å². The molecule has 4 fully saturated rings. The largest absolute Gasteiger partial charge is 0.453 e. The minimum Gasteiger partial charge on any atom is -0.453 e. The van der Waals surface area contributed by atoms with Gasteiger partial charge in [-0.05, 0) is 230 Å². The van der Waals surface area contributed by atoms with Crippen molar-refractivity contribution >= 4 is 157 Å². The Bertz CT molecular complexity index is 4190. The molecule has 13 rings (SSSR count). The fourth-order valence-corrected chi connectivity index (χ4v) is 17.4. The predicted octanol–water partition coefficient (Wildman–Crippen LogP) is 19.3. The van der Waals surface area contributed by atoms with Gasteiger partial charge in [-0.2, -0.15) is 0 Å². The van der Waals surface area contributed by atoms with E-state index in [1.54, 1.807) is 0 Å². The van der Waals surface area contributed by atoms with E-state index in [1.165, 1.54) is 12.1 Å². The van der Waals surface area contributed by atoms with E-state index in [9.17, 15) is 0 Å². The summed E-state index contributed by atoms with van der Waals surface area (Å²) in [5.74, 6) is -2.47. The monoisotopic (exact) mass is 1720 g/mol. The van der Waals surface area contributed by atoms with Gasteiger partial charge in [-0.25, -0.2) is 13.6 Å². The minimum absolute atomic E-state index is 0.155. The van der Waals surface area contributed by atoms with Gasteiger partial charge in [0.15, 0.2) is 16.7 Å². The smallest absolute Gasteiger partial charge is 0.336 e. The molecule has 11 atom stereocenters. The Kier molecular flexibility index (Phi) is 17.3. The van der Waals surface area contributed by atoms with Gasteiger partial charge in [-0.1, -0.05) is 143 Å². The van der Waals surface area contributed by atoms with Crippen LogP contribution in [0.15, 0.2) is 211 Å². The molecule has 17 heteroatoms. The Morgan fingerprint density at radius 1 is 0.539 bits per heavy atom. The molecule has 4 aliphatic heterocycles. The quantitative estimate of drug-likeness (QED) is 0.0590. The summed E-state index contributed by atoms with van der Waals surface area (Å²) in [4.78, 5) is 17.6. The average Bonchev–Trinajstić information content (AvgIpc) is 1.48. The van der Waals surface area contributed by atoms with Crippen LogP contribution in [-0.4, -0.2) is 46.9 Å². The molecular weight excluding hydrogens is 1660 g/mol. The number of nitrogens with one attached hydrogen (secondary N) is 4. The van der Waals surface area contributed by atoms with Crippen molar-refractivity contribution in [2.24, 2.45) is 0 Å². The topological polar surface area (TPSA) is 102 Å². The van der Waals surface area contributed by atoms with Crippen molar-refractivity contribution in [3.63, 3.8) is 0 Å². The van der Waals surface area contributed by atoms with Gasteiger partial charge in [0, 0.05) is 78.2 Å². The van der Waals surface area contributed by atoms with Gasteiger partial charge >= 0.3 is 5.97 Å². The Labute approximate surface area is 585 Å². The van der Waals surface area contributed by atoms with Crippen LogP contribution in [0.5, 0.6) is 0 Å². The number of halogens is 8. The molecule has 9 aromatic rings. The van der Waals surface area contributed by atoms with Gasteiger partial charge in [-0.15, -0.1) is 0 Å². The zero-order valence-corrected chi connectivity index (χ0v) is 59.8. The number of para-hydroxylation sites is 3. The van der Waals surface area contributed by atoms with Crippen molar-refractivity contribution in [1.82, 2.24) is 0 Å². The van der Waals surface area contributed by atoms with Gasteiger partial charge in [0.25, 0.3) is 0 Å². The number of rotatable bonds is 15. The Balaban J connectivity index is 1.23. The SMILES string of the molecule is CC1(c2ccc(Br)cc2)CC(Nc2ccccc2I)C(C2(C3(C4(Nc5ccc(F)cc5F)CC(C)(c5cccc6ccccc56)OC4=O)OC(C)(c4ccc(I)cc4)CC3Nc3ccccc3I)OC(C)(c3cccc(Cl)c3)CC2Nc2ccccc2I)O1. The highest BCUT2D eigenvalue weighted by Gasteiger charge is 2.86. The molecule has 0 radical (unpaired) electrons. The van der Waals surface area contributed by atoms with Crippen LogP contribution in [0.1, 0.15) is 75.6 Å². The molecule has 9 aromatic carbocycles. The maximum Gasteiger partial charge on any atom is 0.336 e. The van der Waals surface area contributed by atoms with Crippen LogP contribution in [0.3, 0.4) is 0 Å². The number of hydrogen-bond donors (Lipinski definition) is 4. The lowest BCUT2D eigenvalue weighted by atomic mass is 9.57. The summed E-state index contributed by atoms with van der Waals surface area (Å²) in [6.07, 6.45) is -0.495. The molecule has 0 spiro atoms. The number of esters is 1. The van der Waals surface area contributed by atoms with E-state index in [0.29, 0.717) is 11.4 Å². The maximum absolute atomic E-state index is 17.7. The predicted molar refractivity (Wildman–Crippen MR) is 388 cm³/mol. The van der Waals surface area contributed by atoms with Crippen LogP contribution in [0, 0.1) is 25.9 Å². The zero-order chi connectivity index (χ0) is 62.3. The number of carbonyl (C=O) groups excluding carboxylic acids is 1. The standard InChI is InChI=1S/C72H62BrClF2I4N4O5/c1-66(44-27-31-47(73)32-28-44)39-61(81-58-24-10-7-21-54(58)78)64(86-66)71(62(82-59-25-11-8-22-55(59)79)40-68(3,88-71)46-17-14-18-48(74)37-46)72(63(83-60-26-12-9-23-56(60)80)41-67(2,89-72)45-29-34-50(77)35-30-45)70(84-57-36-33-49(75)38-53(57)76)42-69(4,87-65(70)85)52-20-13-16-43-15-5-6-19-51(43)52/h5-38,61-64,81-84H,39-42H2,1-4H3. The normalized spacial score (nSPS) is 29.9. The Morgan fingerprint density at radius 2 is 1.10 bits per heavy atom. The number of hydrogen-bond acceptors (Lipinski definition) is 9. The molecular formula is C72H62BrClF2I4N4O5. The second kappa shape index (κ2) is 24.3. The van der Waals surface area contributed by atoms with Crippen molar-refractivity contribution in [1.29, 1.82) is 0 Å². The summed E-state index contributed by atoms with van der Waals surface area (Å²) in [5, 5.41) is 18.4. The van der Waals surface area contributed by atoms with Gasteiger partial charge < -0.3 is 40.2 Å². The number of anilines is 4. The van der Waals surface area contributed by atoms with Gasteiger partial charge in [-0.3, -0.25) is 0 Å². The summed E-state index contributed by atoms with van der Waals surface area (Å²) in [6.45, 7) is 8.20. The number of carbonyl (C=O) groups is 1. The zero-order valence-electron chi connectivity index (χ0n) is 48.8. The van der Waals surface area contributed by atoms with E-state index in [0.717, 1.165) is 74.9 Å². The summed E-state index contributed by atoms with van der Waals surface area (Å²) in [7, 11) is 0. The molecule has 456 valence electrons. The van der Waals surface area contributed by atoms with Crippen LogP contribution in [0.4, 0.5) is 31.5 Å². The first-order valence-corrected chi connectivity index (χ1v) is 34.9. The van der Waals surface area contributed by atoms with E-state index < -0.39 is 81.0 Å². The van der Waals surface area contributed by atoms with Gasteiger partial charge in [0.1, 0.15) is 23.3 Å². The van der Waals surface area contributed by atoms with Crippen molar-refractivity contribution in [3.05, 3.63) is 264 Å². The molecule has 11 unspecified atom stereocenters. The van der Waals surface area contributed by atoms with Crippen LogP contribution in [0.2, 0.25) is 5.02 Å². The highest BCUT2D eigenvalue weighted by atomic mass is 127.